The molecule has 4 aliphatic rings. The number of hydrogen-bond donors (Lipinski definition) is 2. The first-order chi connectivity index (χ1) is 26.9. The maximum Gasteiger partial charge on any atom is 0.255 e. The van der Waals surface area contributed by atoms with Crippen LogP contribution in [0.2, 0.25) is 0 Å². The molecule has 2 N–H and O–H groups in total. The molecule has 2 aromatic heterocycles. The summed E-state index contributed by atoms with van der Waals surface area (Å²) in [6.07, 6.45) is 5.07. The zero-order valence-corrected chi connectivity index (χ0v) is 30.4. The molecule has 1 atom stereocenters. The summed E-state index contributed by atoms with van der Waals surface area (Å²) in [5.41, 5.74) is 4.84. The van der Waals surface area contributed by atoms with Crippen molar-refractivity contribution in [2.24, 2.45) is 5.92 Å². The number of hydrogen-bond acceptors (Lipinski definition) is 11. The average Bonchev–Trinajstić information content (AvgIpc) is 3.96. The van der Waals surface area contributed by atoms with Crippen molar-refractivity contribution < 1.29 is 23.6 Å². The lowest BCUT2D eigenvalue weighted by molar-refractivity contribution is -0.136. The number of carbonyl (C=O) groups is 3. The van der Waals surface area contributed by atoms with Crippen LogP contribution in [0.5, 0.6) is 5.75 Å². The molecule has 9 rings (SSSR count). The van der Waals surface area contributed by atoms with E-state index in [2.05, 4.69) is 52.7 Å². The largest absolute Gasteiger partial charge is 0.490 e. The van der Waals surface area contributed by atoms with Crippen LogP contribution in [-0.4, -0.2) is 110 Å². The molecule has 0 radical (unpaired) electrons. The number of tetrazole rings is 1. The van der Waals surface area contributed by atoms with Crippen LogP contribution < -0.4 is 10.1 Å². The summed E-state index contributed by atoms with van der Waals surface area (Å²) < 4.78 is 12.3. The van der Waals surface area contributed by atoms with Crippen molar-refractivity contribution in [2.75, 3.05) is 39.3 Å². The van der Waals surface area contributed by atoms with Gasteiger partial charge in [-0.05, 0) is 110 Å². The summed E-state index contributed by atoms with van der Waals surface area (Å²) in [5.74, 6) is 8.48. The SMILES string of the molecule is O=C1CCC(N2Cc3cc(C#CCN4CCC(CN5CCC(Oc6cccc(-c7onc8ccc(-c9nn[nH]n9)cc78)c6)CC5)CC4)ccc3C2=O)C(=O)N1. The van der Waals surface area contributed by atoms with Crippen LogP contribution in [-0.2, 0) is 16.1 Å². The number of piperidine rings is 3. The zero-order chi connectivity index (χ0) is 37.3. The van der Waals surface area contributed by atoms with Crippen LogP contribution in [0, 0.1) is 17.8 Å². The molecule has 4 aliphatic heterocycles. The van der Waals surface area contributed by atoms with Crippen molar-refractivity contribution in [3.63, 3.8) is 0 Å². The molecule has 0 bridgehead atoms. The van der Waals surface area contributed by atoms with E-state index in [1.54, 1.807) is 4.90 Å². The van der Waals surface area contributed by atoms with Crippen molar-refractivity contribution in [3.8, 4) is 40.3 Å². The van der Waals surface area contributed by atoms with Gasteiger partial charge in [-0.15, -0.1) is 10.2 Å². The van der Waals surface area contributed by atoms with Crippen molar-refractivity contribution >= 4 is 28.6 Å². The van der Waals surface area contributed by atoms with Gasteiger partial charge < -0.3 is 19.1 Å². The van der Waals surface area contributed by atoms with Crippen LogP contribution in [0.3, 0.4) is 0 Å². The third-order valence-electron chi connectivity index (χ3n) is 11.3. The van der Waals surface area contributed by atoms with E-state index in [1.165, 1.54) is 0 Å². The Kier molecular flexibility index (Phi) is 9.55. The average molecular weight is 740 g/mol. The molecule has 3 aromatic carbocycles. The molecule has 0 aliphatic carbocycles. The van der Waals surface area contributed by atoms with Crippen LogP contribution in [0.25, 0.3) is 33.6 Å². The van der Waals surface area contributed by atoms with Crippen molar-refractivity contribution in [1.29, 1.82) is 0 Å². The predicted molar refractivity (Wildman–Crippen MR) is 201 cm³/mol. The Bertz CT molecular complexity index is 2300. The van der Waals surface area contributed by atoms with Gasteiger partial charge in [-0.2, -0.15) is 5.21 Å². The summed E-state index contributed by atoms with van der Waals surface area (Å²) in [7, 11) is 0. The standard InChI is InChI=1S/C41H41N9O5/c51-37-11-10-36(40(52)42-37)50-25-30-21-26(6-8-33(30)41(50)53)3-2-16-48-17-12-27(13-18-48)24-49-19-14-31(15-20-49)54-32-5-1-4-28(22-32)38-34-23-29(39-43-46-47-44-39)7-9-35(34)45-55-38/h1,4-9,21-23,27,31,36H,10-20,24-25H2,(H,42,51,52)(H,43,44,46,47). The van der Waals surface area contributed by atoms with Gasteiger partial charge in [-0.3, -0.25) is 24.6 Å². The highest BCUT2D eigenvalue weighted by molar-refractivity contribution is 6.05. The Morgan fingerprint density at radius 2 is 1.75 bits per heavy atom. The van der Waals surface area contributed by atoms with E-state index >= 15 is 0 Å². The Hall–Kier alpha value is -5.91. The van der Waals surface area contributed by atoms with Gasteiger partial charge in [-0.25, -0.2) is 0 Å². The van der Waals surface area contributed by atoms with E-state index < -0.39 is 11.9 Å². The molecule has 55 heavy (non-hydrogen) atoms. The topological polar surface area (TPSA) is 163 Å². The second-order valence-electron chi connectivity index (χ2n) is 14.9. The third kappa shape index (κ3) is 7.45. The second kappa shape index (κ2) is 15.1. The molecule has 14 heteroatoms. The fourth-order valence-electron chi connectivity index (χ4n) is 8.28. The molecule has 1 unspecified atom stereocenters. The first-order valence-electron chi connectivity index (χ1n) is 19.0. The van der Waals surface area contributed by atoms with Crippen molar-refractivity contribution in [2.45, 2.75) is 57.2 Å². The summed E-state index contributed by atoms with van der Waals surface area (Å²) in [4.78, 5) is 43.5. The quantitative estimate of drug-likeness (QED) is 0.175. The van der Waals surface area contributed by atoms with Gasteiger partial charge in [-0.1, -0.05) is 29.1 Å². The summed E-state index contributed by atoms with van der Waals surface area (Å²) >= 11 is 0. The highest BCUT2D eigenvalue weighted by Crippen LogP contribution is 2.34. The number of ether oxygens (including phenoxy) is 1. The van der Waals surface area contributed by atoms with Crippen molar-refractivity contribution in [3.05, 3.63) is 77.4 Å². The molecular weight excluding hydrogens is 699 g/mol. The molecule has 280 valence electrons. The van der Waals surface area contributed by atoms with E-state index in [0.717, 1.165) is 97.3 Å². The fraction of sp³-hybridized carbons (Fsp3) is 0.390. The lowest BCUT2D eigenvalue weighted by atomic mass is 9.95. The van der Waals surface area contributed by atoms with Crippen LogP contribution in [0.4, 0.5) is 0 Å². The fourth-order valence-corrected chi connectivity index (χ4v) is 8.28. The lowest BCUT2D eigenvalue weighted by Crippen LogP contribution is -2.52. The smallest absolute Gasteiger partial charge is 0.255 e. The van der Waals surface area contributed by atoms with E-state index in [9.17, 15) is 14.4 Å². The molecule has 3 amide bonds. The number of amides is 3. The normalized spacial score (nSPS) is 20.0. The first kappa shape index (κ1) is 34.8. The monoisotopic (exact) mass is 739 g/mol. The van der Waals surface area contributed by atoms with Gasteiger partial charge in [0.1, 0.15) is 23.4 Å². The van der Waals surface area contributed by atoms with E-state index in [1.807, 2.05) is 60.7 Å². The van der Waals surface area contributed by atoms with E-state index in [4.69, 9.17) is 9.26 Å². The number of H-pyrrole nitrogens is 1. The lowest BCUT2D eigenvalue weighted by Gasteiger charge is -2.37. The second-order valence-corrected chi connectivity index (χ2v) is 14.9. The number of rotatable bonds is 8. The Labute approximate surface area is 317 Å². The summed E-state index contributed by atoms with van der Waals surface area (Å²) in [6, 6.07) is 18.8. The Balaban J connectivity index is 0.720. The summed E-state index contributed by atoms with van der Waals surface area (Å²) in [5, 5.41) is 21.8. The van der Waals surface area contributed by atoms with Gasteiger partial charge in [0.25, 0.3) is 5.91 Å². The number of nitrogens with one attached hydrogen (secondary N) is 2. The molecule has 3 saturated heterocycles. The zero-order valence-electron chi connectivity index (χ0n) is 30.4. The summed E-state index contributed by atoms with van der Waals surface area (Å²) in [6.45, 7) is 6.32. The molecule has 0 saturated carbocycles. The number of aromatic nitrogens is 5. The molecular formula is C41H41N9O5. The van der Waals surface area contributed by atoms with Crippen LogP contribution >= 0.6 is 0 Å². The van der Waals surface area contributed by atoms with Gasteiger partial charge in [0.05, 0.1) is 11.9 Å². The minimum Gasteiger partial charge on any atom is -0.490 e. The van der Waals surface area contributed by atoms with Crippen LogP contribution in [0.1, 0.15) is 60.0 Å². The minimum atomic E-state index is -0.611. The number of nitrogens with zero attached hydrogens (tertiary/aromatic N) is 7. The molecule has 5 aromatic rings. The number of aromatic amines is 1. The highest BCUT2D eigenvalue weighted by Gasteiger charge is 2.39. The number of imide groups is 1. The Morgan fingerprint density at radius 1 is 0.891 bits per heavy atom. The van der Waals surface area contributed by atoms with Gasteiger partial charge in [0, 0.05) is 54.9 Å². The molecule has 3 fully saturated rings. The number of likely N-dealkylation sites (tertiary alicyclic amines) is 2. The number of fused-ring (bicyclic) bond motifs is 2. The third-order valence-corrected chi connectivity index (χ3v) is 11.3. The molecule has 14 nitrogen and oxygen atoms in total. The predicted octanol–water partition coefficient (Wildman–Crippen LogP) is 4.04. The van der Waals surface area contributed by atoms with E-state index in [-0.39, 0.29) is 24.3 Å². The van der Waals surface area contributed by atoms with Gasteiger partial charge in [0.15, 0.2) is 5.76 Å². The maximum absolute atomic E-state index is 13.0. The van der Waals surface area contributed by atoms with Crippen LogP contribution in [0.15, 0.2) is 65.2 Å². The molecule has 6 heterocycles. The number of carbonyl (C=O) groups excluding carboxylic acids is 3. The first-order valence-corrected chi connectivity index (χ1v) is 19.0. The Morgan fingerprint density at radius 3 is 2.56 bits per heavy atom. The maximum atomic E-state index is 13.0. The van der Waals surface area contributed by atoms with Crippen molar-refractivity contribution in [1.82, 2.24) is 45.8 Å². The number of benzene rings is 3. The molecule has 0 spiro atoms. The van der Waals surface area contributed by atoms with E-state index in [0.29, 0.717) is 42.6 Å². The van der Waals surface area contributed by atoms with Gasteiger partial charge >= 0.3 is 0 Å². The van der Waals surface area contributed by atoms with Gasteiger partial charge in [0.2, 0.25) is 17.6 Å². The highest BCUT2D eigenvalue weighted by atomic mass is 16.5. The minimum absolute atomic E-state index is 0.164.